The van der Waals surface area contributed by atoms with Crippen molar-refractivity contribution in [3.63, 3.8) is 0 Å². The van der Waals surface area contributed by atoms with E-state index in [1.54, 1.807) is 23.5 Å². The third-order valence-electron chi connectivity index (χ3n) is 4.65. The molecule has 1 saturated heterocycles. The summed E-state index contributed by atoms with van der Waals surface area (Å²) in [6.45, 7) is 1.08. The summed E-state index contributed by atoms with van der Waals surface area (Å²) in [6, 6.07) is 14.2. The van der Waals surface area contributed by atoms with Gasteiger partial charge in [0.2, 0.25) is 5.91 Å². The molecule has 0 saturated carbocycles. The zero-order chi connectivity index (χ0) is 18.8. The largest absolute Gasteiger partial charge is 0.325 e. The Labute approximate surface area is 159 Å². The van der Waals surface area contributed by atoms with Crippen LogP contribution in [0.25, 0.3) is 10.2 Å². The molecule has 0 unspecified atom stereocenters. The van der Waals surface area contributed by atoms with Crippen LogP contribution in [0.3, 0.4) is 0 Å². The maximum atomic E-state index is 12.5. The van der Waals surface area contributed by atoms with Gasteiger partial charge in [0.05, 0.1) is 27.7 Å². The average Bonchev–Trinajstić information content (AvgIpc) is 3.27. The first-order chi connectivity index (χ1) is 13.1. The quantitative estimate of drug-likeness (QED) is 0.533. The standard InChI is InChI=1S/C19H18N4O3S/c24-18(20-13-5-3-6-14(11-13)23(25)26)12-22-10-4-8-16(22)19-21-15-7-1-2-9-17(15)27-19/h1-3,5-7,9,11,16H,4,8,10,12H2,(H,20,24)/t16-/m1/s1. The molecule has 3 aromatic rings. The lowest BCUT2D eigenvalue weighted by molar-refractivity contribution is -0.384. The molecule has 1 aliphatic rings. The number of aromatic nitrogens is 1. The fourth-order valence-electron chi connectivity index (χ4n) is 3.41. The number of hydrogen-bond acceptors (Lipinski definition) is 6. The lowest BCUT2D eigenvalue weighted by atomic mass is 10.2. The van der Waals surface area contributed by atoms with Crippen molar-refractivity contribution in [3.05, 3.63) is 63.7 Å². The van der Waals surface area contributed by atoms with Crippen molar-refractivity contribution in [1.29, 1.82) is 0 Å². The van der Waals surface area contributed by atoms with Gasteiger partial charge in [0.25, 0.3) is 5.69 Å². The smallest absolute Gasteiger partial charge is 0.271 e. The molecule has 1 aromatic heterocycles. The highest BCUT2D eigenvalue weighted by molar-refractivity contribution is 7.18. The normalized spacial score (nSPS) is 17.3. The van der Waals surface area contributed by atoms with Gasteiger partial charge >= 0.3 is 0 Å². The number of benzene rings is 2. The molecule has 0 spiro atoms. The number of hydrogen-bond donors (Lipinski definition) is 1. The zero-order valence-corrected chi connectivity index (χ0v) is 15.3. The second kappa shape index (κ2) is 7.42. The maximum Gasteiger partial charge on any atom is 0.271 e. The number of nitro benzene ring substituents is 1. The van der Waals surface area contributed by atoms with Crippen LogP contribution in [0.2, 0.25) is 0 Å². The predicted molar refractivity (Wildman–Crippen MR) is 105 cm³/mol. The number of amides is 1. The fraction of sp³-hybridized carbons (Fsp3) is 0.263. The van der Waals surface area contributed by atoms with Crippen molar-refractivity contribution < 1.29 is 9.72 Å². The Morgan fingerprint density at radius 2 is 2.15 bits per heavy atom. The first-order valence-corrected chi connectivity index (χ1v) is 9.55. The van der Waals surface area contributed by atoms with E-state index in [9.17, 15) is 14.9 Å². The number of likely N-dealkylation sites (tertiary alicyclic amines) is 1. The fourth-order valence-corrected chi connectivity index (χ4v) is 4.55. The van der Waals surface area contributed by atoms with Crippen molar-refractivity contribution in [2.45, 2.75) is 18.9 Å². The summed E-state index contributed by atoms with van der Waals surface area (Å²) < 4.78 is 1.15. The minimum atomic E-state index is -0.473. The van der Waals surface area contributed by atoms with Crippen molar-refractivity contribution in [1.82, 2.24) is 9.88 Å². The molecular weight excluding hydrogens is 364 g/mol. The molecule has 2 aromatic carbocycles. The Kier molecular flexibility index (Phi) is 4.83. The first kappa shape index (κ1) is 17.6. The van der Waals surface area contributed by atoms with Gasteiger partial charge in [0.15, 0.2) is 0 Å². The summed E-state index contributed by atoms with van der Waals surface area (Å²) in [5.74, 6) is -0.177. The molecule has 8 heteroatoms. The van der Waals surface area contributed by atoms with Crippen molar-refractivity contribution in [2.75, 3.05) is 18.4 Å². The molecule has 1 fully saturated rings. The summed E-state index contributed by atoms with van der Waals surface area (Å²) in [4.78, 5) is 29.7. The molecule has 138 valence electrons. The summed E-state index contributed by atoms with van der Waals surface area (Å²) >= 11 is 1.68. The first-order valence-electron chi connectivity index (χ1n) is 8.74. The van der Waals surface area contributed by atoms with Gasteiger partial charge < -0.3 is 5.32 Å². The number of nitrogens with zero attached hydrogens (tertiary/aromatic N) is 3. The van der Waals surface area contributed by atoms with Crippen LogP contribution < -0.4 is 5.32 Å². The molecule has 1 N–H and O–H groups in total. The van der Waals surface area contributed by atoms with E-state index in [1.807, 2.05) is 18.2 Å². The van der Waals surface area contributed by atoms with Gasteiger partial charge in [0, 0.05) is 17.8 Å². The van der Waals surface area contributed by atoms with E-state index >= 15 is 0 Å². The Bertz CT molecular complexity index is 970. The summed E-state index contributed by atoms with van der Waals surface area (Å²) in [6.07, 6.45) is 1.99. The number of fused-ring (bicyclic) bond motifs is 1. The van der Waals surface area contributed by atoms with Crippen LogP contribution in [0.15, 0.2) is 48.5 Å². The Morgan fingerprint density at radius 3 is 2.96 bits per heavy atom. The van der Waals surface area contributed by atoms with Crippen LogP contribution in [0, 0.1) is 10.1 Å². The van der Waals surface area contributed by atoms with Crippen LogP contribution >= 0.6 is 11.3 Å². The third-order valence-corrected chi connectivity index (χ3v) is 5.78. The van der Waals surface area contributed by atoms with Crippen molar-refractivity contribution >= 4 is 38.8 Å². The van der Waals surface area contributed by atoms with E-state index in [2.05, 4.69) is 16.3 Å². The van der Waals surface area contributed by atoms with Gasteiger partial charge in [-0.3, -0.25) is 19.8 Å². The molecule has 0 bridgehead atoms. The summed E-state index contributed by atoms with van der Waals surface area (Å²) in [7, 11) is 0. The number of para-hydroxylation sites is 1. The minimum Gasteiger partial charge on any atom is -0.325 e. The highest BCUT2D eigenvalue weighted by atomic mass is 32.1. The number of thiazole rings is 1. The van der Waals surface area contributed by atoms with Crippen LogP contribution in [-0.2, 0) is 4.79 Å². The molecule has 7 nitrogen and oxygen atoms in total. The van der Waals surface area contributed by atoms with E-state index < -0.39 is 4.92 Å². The number of non-ortho nitro benzene ring substituents is 1. The SMILES string of the molecule is O=C(CN1CCC[C@@H]1c1nc2ccccc2s1)Nc1cccc([N+](=O)[O-])c1. The molecule has 4 rings (SSSR count). The highest BCUT2D eigenvalue weighted by Crippen LogP contribution is 2.36. The van der Waals surface area contributed by atoms with Crippen LogP contribution in [-0.4, -0.2) is 33.8 Å². The lowest BCUT2D eigenvalue weighted by Gasteiger charge is -2.22. The number of nitrogens with one attached hydrogen (secondary N) is 1. The number of carbonyl (C=O) groups is 1. The number of carbonyl (C=O) groups excluding carboxylic acids is 1. The molecule has 1 aliphatic heterocycles. The van der Waals surface area contributed by atoms with E-state index in [4.69, 9.17) is 4.98 Å². The second-order valence-corrected chi connectivity index (χ2v) is 7.57. The van der Waals surface area contributed by atoms with Gasteiger partial charge in [-0.2, -0.15) is 0 Å². The minimum absolute atomic E-state index is 0.0404. The summed E-state index contributed by atoms with van der Waals surface area (Å²) in [5, 5.41) is 14.7. The summed E-state index contributed by atoms with van der Waals surface area (Å²) in [5.41, 5.74) is 1.39. The van der Waals surface area contributed by atoms with E-state index in [0.29, 0.717) is 5.69 Å². The van der Waals surface area contributed by atoms with E-state index in [-0.39, 0.29) is 24.2 Å². The van der Waals surface area contributed by atoms with Crippen LogP contribution in [0.4, 0.5) is 11.4 Å². The number of rotatable bonds is 5. The molecule has 2 heterocycles. The van der Waals surface area contributed by atoms with Crippen molar-refractivity contribution in [3.8, 4) is 0 Å². The van der Waals surface area contributed by atoms with E-state index in [1.165, 1.54) is 12.1 Å². The molecule has 27 heavy (non-hydrogen) atoms. The highest BCUT2D eigenvalue weighted by Gasteiger charge is 2.30. The monoisotopic (exact) mass is 382 g/mol. The van der Waals surface area contributed by atoms with Crippen LogP contribution in [0.1, 0.15) is 23.9 Å². The van der Waals surface area contributed by atoms with Gasteiger partial charge in [-0.05, 0) is 37.6 Å². The lowest BCUT2D eigenvalue weighted by Crippen LogP contribution is -2.32. The van der Waals surface area contributed by atoms with E-state index in [0.717, 1.165) is 34.6 Å². The molecule has 1 amide bonds. The molecule has 1 atom stereocenters. The number of anilines is 1. The Hall–Kier alpha value is -2.84. The van der Waals surface area contributed by atoms with Crippen molar-refractivity contribution in [2.24, 2.45) is 0 Å². The molecule has 0 aliphatic carbocycles. The average molecular weight is 382 g/mol. The molecular formula is C19H18N4O3S. The second-order valence-electron chi connectivity index (χ2n) is 6.50. The zero-order valence-electron chi connectivity index (χ0n) is 14.5. The Balaban J connectivity index is 1.45. The predicted octanol–water partition coefficient (Wildman–Crippen LogP) is 3.98. The van der Waals surface area contributed by atoms with Gasteiger partial charge in [-0.15, -0.1) is 11.3 Å². The van der Waals surface area contributed by atoms with Crippen LogP contribution in [0.5, 0.6) is 0 Å². The Morgan fingerprint density at radius 1 is 1.30 bits per heavy atom. The molecule has 0 radical (unpaired) electrons. The van der Waals surface area contributed by atoms with Gasteiger partial charge in [-0.1, -0.05) is 18.2 Å². The maximum absolute atomic E-state index is 12.5. The van der Waals surface area contributed by atoms with Gasteiger partial charge in [0.1, 0.15) is 5.01 Å². The topological polar surface area (TPSA) is 88.4 Å². The third kappa shape index (κ3) is 3.81. The van der Waals surface area contributed by atoms with Gasteiger partial charge in [-0.25, -0.2) is 4.98 Å². The number of nitro groups is 1.